The van der Waals surface area contributed by atoms with Crippen molar-refractivity contribution in [1.29, 1.82) is 0 Å². The molecule has 3 aliphatic rings. The Balaban J connectivity index is 1.76. The number of carbonyl (C=O) groups excluding carboxylic acids is 3. The van der Waals surface area contributed by atoms with Crippen LogP contribution in [0.1, 0.15) is 16.8 Å². The minimum absolute atomic E-state index is 0.0183. The Morgan fingerprint density at radius 1 is 1.14 bits per heavy atom. The van der Waals surface area contributed by atoms with Crippen molar-refractivity contribution in [3.8, 4) is 0 Å². The summed E-state index contributed by atoms with van der Waals surface area (Å²) in [4.78, 5) is 37.4. The Morgan fingerprint density at radius 2 is 1.73 bits per heavy atom. The van der Waals surface area contributed by atoms with Crippen LogP contribution in [0.15, 0.2) is 30.4 Å². The first-order valence-electron chi connectivity index (χ1n) is 7.06. The molecule has 2 bridgehead atoms. The fourth-order valence-electron chi connectivity index (χ4n) is 3.97. The lowest BCUT2D eigenvalue weighted by atomic mass is 9.85. The second kappa shape index (κ2) is 4.43. The van der Waals surface area contributed by atoms with Gasteiger partial charge in [-0.05, 0) is 36.5 Å². The lowest BCUT2D eigenvalue weighted by Crippen LogP contribution is -2.33. The van der Waals surface area contributed by atoms with Crippen molar-refractivity contribution in [1.82, 2.24) is 0 Å². The van der Waals surface area contributed by atoms with E-state index in [-0.39, 0.29) is 51.8 Å². The van der Waals surface area contributed by atoms with E-state index in [0.29, 0.717) is 0 Å². The molecule has 1 saturated carbocycles. The summed E-state index contributed by atoms with van der Waals surface area (Å²) in [5.41, 5.74) is 0.0188. The lowest BCUT2D eigenvalue weighted by Gasteiger charge is -2.18. The molecular formula is C16H11ClNO4-. The smallest absolute Gasteiger partial charge is 0.238 e. The van der Waals surface area contributed by atoms with E-state index in [9.17, 15) is 19.5 Å². The number of allylic oxidation sites excluding steroid dienone is 2. The average molecular weight is 317 g/mol. The Kier molecular flexibility index (Phi) is 2.72. The predicted octanol–water partition coefficient (Wildman–Crippen LogP) is 1.01. The van der Waals surface area contributed by atoms with E-state index in [1.807, 2.05) is 12.2 Å². The number of carbonyl (C=O) groups is 3. The third-order valence-corrected chi connectivity index (χ3v) is 5.23. The average Bonchev–Trinajstić information content (AvgIpc) is 3.14. The van der Waals surface area contributed by atoms with Gasteiger partial charge >= 0.3 is 0 Å². The van der Waals surface area contributed by atoms with Crippen LogP contribution in [0.25, 0.3) is 0 Å². The van der Waals surface area contributed by atoms with Crippen LogP contribution in [-0.2, 0) is 9.59 Å². The number of fused-ring (bicyclic) bond motifs is 5. The van der Waals surface area contributed by atoms with Crippen molar-refractivity contribution in [3.05, 3.63) is 40.9 Å². The molecule has 0 unspecified atom stereocenters. The minimum atomic E-state index is -1.44. The van der Waals surface area contributed by atoms with Gasteiger partial charge in [0.2, 0.25) is 11.8 Å². The van der Waals surface area contributed by atoms with Crippen molar-refractivity contribution >= 4 is 35.1 Å². The maximum Gasteiger partial charge on any atom is 0.238 e. The third kappa shape index (κ3) is 1.63. The van der Waals surface area contributed by atoms with E-state index in [4.69, 9.17) is 11.6 Å². The molecule has 6 heteroatoms. The highest BCUT2D eigenvalue weighted by atomic mass is 35.5. The molecule has 22 heavy (non-hydrogen) atoms. The van der Waals surface area contributed by atoms with Gasteiger partial charge in [0, 0.05) is 10.6 Å². The SMILES string of the molecule is O=C([O-])c1cc(N2C(=O)[C@@H]3[C@@H](C2=O)[C@H]2C=C[C@@H]3C2)ccc1Cl. The summed E-state index contributed by atoms with van der Waals surface area (Å²) in [7, 11) is 0. The number of rotatable bonds is 2. The van der Waals surface area contributed by atoms with Crippen molar-refractivity contribution in [2.24, 2.45) is 23.7 Å². The summed E-state index contributed by atoms with van der Waals surface area (Å²) >= 11 is 5.80. The maximum atomic E-state index is 12.6. The van der Waals surface area contributed by atoms with Crippen LogP contribution in [-0.4, -0.2) is 17.8 Å². The van der Waals surface area contributed by atoms with Crippen molar-refractivity contribution in [3.63, 3.8) is 0 Å². The molecule has 1 aliphatic heterocycles. The highest BCUT2D eigenvalue weighted by Crippen LogP contribution is 2.53. The topological polar surface area (TPSA) is 77.5 Å². The molecule has 5 nitrogen and oxygen atoms in total. The van der Waals surface area contributed by atoms with Gasteiger partial charge in [-0.25, -0.2) is 4.90 Å². The number of carboxylic acids is 1. The highest BCUT2D eigenvalue weighted by Gasteiger charge is 2.59. The molecule has 0 N–H and O–H groups in total. The minimum Gasteiger partial charge on any atom is -0.545 e. The van der Waals surface area contributed by atoms with E-state index in [2.05, 4.69) is 0 Å². The van der Waals surface area contributed by atoms with Gasteiger partial charge in [0.15, 0.2) is 0 Å². The summed E-state index contributed by atoms with van der Waals surface area (Å²) in [5, 5.41) is 11.1. The number of imide groups is 1. The molecule has 0 spiro atoms. The highest BCUT2D eigenvalue weighted by molar-refractivity contribution is 6.33. The quantitative estimate of drug-likeness (QED) is 0.603. The van der Waals surface area contributed by atoms with Crippen LogP contribution in [0.3, 0.4) is 0 Å². The van der Waals surface area contributed by atoms with Gasteiger partial charge in [-0.1, -0.05) is 23.8 Å². The monoisotopic (exact) mass is 316 g/mol. The first-order chi connectivity index (χ1) is 10.5. The fraction of sp³-hybridized carbons (Fsp3) is 0.312. The largest absolute Gasteiger partial charge is 0.545 e. The number of carboxylic acid groups (broad SMARTS) is 1. The molecule has 2 amide bonds. The summed E-state index contributed by atoms with van der Waals surface area (Å²) in [6, 6.07) is 4.08. The molecule has 2 fully saturated rings. The normalized spacial score (nSPS) is 32.0. The van der Waals surface area contributed by atoms with Crippen LogP contribution in [0.2, 0.25) is 5.02 Å². The lowest BCUT2D eigenvalue weighted by molar-refractivity contribution is -0.255. The summed E-state index contributed by atoms with van der Waals surface area (Å²) in [6.45, 7) is 0. The van der Waals surface area contributed by atoms with Gasteiger partial charge in [-0.15, -0.1) is 0 Å². The van der Waals surface area contributed by atoms with E-state index in [1.54, 1.807) is 0 Å². The molecule has 0 aromatic heterocycles. The maximum absolute atomic E-state index is 12.6. The Morgan fingerprint density at radius 3 is 2.27 bits per heavy atom. The molecule has 0 radical (unpaired) electrons. The van der Waals surface area contributed by atoms with Gasteiger partial charge in [0.1, 0.15) is 0 Å². The first-order valence-corrected chi connectivity index (χ1v) is 7.44. The van der Waals surface area contributed by atoms with Gasteiger partial charge in [0.25, 0.3) is 0 Å². The van der Waals surface area contributed by atoms with Gasteiger partial charge in [-0.3, -0.25) is 9.59 Å². The van der Waals surface area contributed by atoms with Crippen molar-refractivity contribution in [2.45, 2.75) is 6.42 Å². The summed E-state index contributed by atoms with van der Waals surface area (Å²) < 4.78 is 0. The van der Waals surface area contributed by atoms with Gasteiger partial charge < -0.3 is 9.90 Å². The number of benzene rings is 1. The zero-order valence-electron chi connectivity index (χ0n) is 11.4. The summed E-state index contributed by atoms with van der Waals surface area (Å²) in [6.07, 6.45) is 4.87. The van der Waals surface area contributed by atoms with Crippen molar-refractivity contribution in [2.75, 3.05) is 4.90 Å². The molecule has 112 valence electrons. The molecule has 4 rings (SSSR count). The molecule has 4 atom stereocenters. The first kappa shape index (κ1) is 13.5. The molecule has 1 aromatic rings. The van der Waals surface area contributed by atoms with Crippen molar-refractivity contribution < 1.29 is 19.5 Å². The number of hydrogen-bond donors (Lipinski definition) is 0. The zero-order chi connectivity index (χ0) is 15.6. The van der Waals surface area contributed by atoms with Crippen LogP contribution >= 0.6 is 11.6 Å². The van der Waals surface area contributed by atoms with Gasteiger partial charge in [-0.2, -0.15) is 0 Å². The van der Waals surface area contributed by atoms with Crippen LogP contribution < -0.4 is 10.0 Å². The number of hydrogen-bond acceptors (Lipinski definition) is 4. The number of anilines is 1. The Labute approximate surface area is 131 Å². The zero-order valence-corrected chi connectivity index (χ0v) is 12.1. The Hall–Kier alpha value is -2.14. The van der Waals surface area contributed by atoms with Crippen LogP contribution in [0.4, 0.5) is 5.69 Å². The number of aromatic carboxylic acids is 1. The summed E-state index contributed by atoms with van der Waals surface area (Å²) in [5.74, 6) is -2.34. The molecular weight excluding hydrogens is 306 g/mol. The fourth-order valence-corrected chi connectivity index (χ4v) is 4.16. The second-order valence-electron chi connectivity index (χ2n) is 5.96. The molecule has 2 aliphatic carbocycles. The Bertz CT molecular complexity index is 727. The van der Waals surface area contributed by atoms with E-state index in [1.165, 1.54) is 18.2 Å². The van der Waals surface area contributed by atoms with E-state index >= 15 is 0 Å². The van der Waals surface area contributed by atoms with E-state index in [0.717, 1.165) is 11.3 Å². The third-order valence-electron chi connectivity index (χ3n) is 4.90. The molecule has 1 heterocycles. The molecule has 1 saturated heterocycles. The molecule has 1 aromatic carbocycles. The number of halogens is 1. The second-order valence-corrected chi connectivity index (χ2v) is 6.37. The number of nitrogens with zero attached hydrogens (tertiary/aromatic N) is 1. The van der Waals surface area contributed by atoms with E-state index < -0.39 is 5.97 Å². The van der Waals surface area contributed by atoms with Gasteiger partial charge in [0.05, 0.1) is 23.5 Å². The van der Waals surface area contributed by atoms with Crippen LogP contribution in [0, 0.1) is 23.7 Å². The van der Waals surface area contributed by atoms with Crippen LogP contribution in [0.5, 0.6) is 0 Å². The number of amides is 2. The standard InChI is InChI=1S/C16H12ClNO4/c17-11-4-3-9(6-10(11)16(21)22)18-14(19)12-7-1-2-8(5-7)13(12)15(18)20/h1-4,6-8,12-13H,5H2,(H,21,22)/p-1/t7-,8+,12-,13-/m0/s1. The predicted molar refractivity (Wildman–Crippen MR) is 76.0 cm³/mol.